The van der Waals surface area contributed by atoms with Gasteiger partial charge in [-0.15, -0.1) is 0 Å². The summed E-state index contributed by atoms with van der Waals surface area (Å²) in [5.74, 6) is 0.991. The predicted octanol–water partition coefficient (Wildman–Crippen LogP) is 0.425. The number of hydrogen-bond acceptors (Lipinski definition) is 1. The maximum absolute atomic E-state index is 5.50. The molecule has 0 aliphatic carbocycles. The highest BCUT2D eigenvalue weighted by Crippen LogP contribution is 2.15. The Kier molecular flexibility index (Phi) is 6.44. The number of rotatable bonds is 8. The quantitative estimate of drug-likeness (QED) is 0.723. The van der Waals surface area contributed by atoms with Crippen molar-refractivity contribution < 1.29 is 14.5 Å². The minimum atomic E-state index is 0.991. The van der Waals surface area contributed by atoms with Gasteiger partial charge in [-0.1, -0.05) is 42.5 Å². The summed E-state index contributed by atoms with van der Waals surface area (Å²) in [4.78, 5) is 3.06. The Bertz CT molecular complexity index is 554. The van der Waals surface area contributed by atoms with Crippen molar-refractivity contribution in [3.05, 3.63) is 65.7 Å². The minimum Gasteiger partial charge on any atom is -0.496 e. The van der Waals surface area contributed by atoms with Gasteiger partial charge in [0.15, 0.2) is 0 Å². The molecule has 0 aromatic heterocycles. The summed E-state index contributed by atoms with van der Waals surface area (Å²) in [5.41, 5.74) is 2.67. The predicted molar refractivity (Wildman–Crippen MR) is 90.4 cm³/mol. The van der Waals surface area contributed by atoms with Crippen molar-refractivity contribution in [1.82, 2.24) is 0 Å². The number of likely N-dealkylation sites (N-methyl/N-ethyl adjacent to an activating group) is 1. The third-order valence-corrected chi connectivity index (χ3v) is 3.91. The first kappa shape index (κ1) is 16.5. The van der Waals surface area contributed by atoms with Crippen molar-refractivity contribution >= 4 is 0 Å². The van der Waals surface area contributed by atoms with Crippen LogP contribution in [0.5, 0.6) is 5.75 Å². The van der Waals surface area contributed by atoms with E-state index >= 15 is 0 Å². The molecule has 118 valence electrons. The zero-order valence-electron chi connectivity index (χ0n) is 13.9. The highest BCUT2D eigenvalue weighted by Gasteiger charge is 2.14. The second-order valence-electron chi connectivity index (χ2n) is 6.11. The van der Waals surface area contributed by atoms with E-state index < -0.39 is 0 Å². The molecule has 2 aromatic carbocycles. The van der Waals surface area contributed by atoms with Crippen LogP contribution in [0.1, 0.15) is 11.1 Å². The third kappa shape index (κ3) is 5.17. The van der Waals surface area contributed by atoms with Crippen LogP contribution in [-0.4, -0.2) is 34.3 Å². The number of quaternary nitrogens is 2. The average Bonchev–Trinajstić information content (AvgIpc) is 2.54. The molecule has 0 spiro atoms. The van der Waals surface area contributed by atoms with Gasteiger partial charge in [-0.25, -0.2) is 0 Å². The molecule has 22 heavy (non-hydrogen) atoms. The van der Waals surface area contributed by atoms with Gasteiger partial charge < -0.3 is 14.5 Å². The zero-order chi connectivity index (χ0) is 15.8. The Labute approximate surface area is 134 Å². The van der Waals surface area contributed by atoms with Crippen molar-refractivity contribution in [1.29, 1.82) is 0 Å². The highest BCUT2D eigenvalue weighted by molar-refractivity contribution is 5.32. The summed E-state index contributed by atoms with van der Waals surface area (Å²) in [7, 11) is 6.17. The number of benzene rings is 2. The van der Waals surface area contributed by atoms with Crippen LogP contribution in [0, 0.1) is 0 Å². The van der Waals surface area contributed by atoms with E-state index in [0.29, 0.717) is 0 Å². The molecule has 0 aliphatic heterocycles. The fraction of sp³-hybridized carbons (Fsp3) is 0.368. The molecule has 0 saturated carbocycles. The molecule has 1 atom stereocenters. The van der Waals surface area contributed by atoms with Gasteiger partial charge in [0.05, 0.1) is 21.2 Å². The Balaban J connectivity index is 2.09. The van der Waals surface area contributed by atoms with Crippen LogP contribution in [0.2, 0.25) is 0 Å². The topological polar surface area (TPSA) is 18.1 Å². The van der Waals surface area contributed by atoms with E-state index in [-0.39, 0.29) is 0 Å². The molecular weight excluding hydrogens is 272 g/mol. The molecule has 0 amide bonds. The van der Waals surface area contributed by atoms with Gasteiger partial charge in [-0.3, -0.25) is 0 Å². The highest BCUT2D eigenvalue weighted by atomic mass is 16.5. The van der Waals surface area contributed by atoms with Gasteiger partial charge in [0.2, 0.25) is 0 Å². The summed E-state index contributed by atoms with van der Waals surface area (Å²) in [6, 6.07) is 19.1. The maximum atomic E-state index is 5.50. The smallest absolute Gasteiger partial charge is 0.127 e. The standard InChI is InChI=1S/C19H26N2O/c1-20(2)13-14-21(15-17-9-5-4-6-10-17)16-18-11-7-8-12-19(18)22-3/h4-12H,13-16H2,1-3H3/p+2. The fourth-order valence-corrected chi connectivity index (χ4v) is 2.67. The largest absolute Gasteiger partial charge is 0.496 e. The summed E-state index contributed by atoms with van der Waals surface area (Å²) < 4.78 is 5.50. The van der Waals surface area contributed by atoms with Crippen LogP contribution in [0.3, 0.4) is 0 Å². The Hall–Kier alpha value is -1.84. The lowest BCUT2D eigenvalue weighted by Crippen LogP contribution is -3.16. The Morgan fingerprint density at radius 3 is 2.18 bits per heavy atom. The van der Waals surface area contributed by atoms with Gasteiger partial charge >= 0.3 is 0 Å². The SMILES string of the molecule is COc1ccccc1C[NH+](CC[NH+](C)C)Cc1ccccc1. The lowest BCUT2D eigenvalue weighted by atomic mass is 10.1. The zero-order valence-corrected chi connectivity index (χ0v) is 13.9. The Morgan fingerprint density at radius 2 is 1.50 bits per heavy atom. The van der Waals surface area contributed by atoms with Crippen molar-refractivity contribution in [3.8, 4) is 5.75 Å². The van der Waals surface area contributed by atoms with Crippen LogP contribution >= 0.6 is 0 Å². The lowest BCUT2D eigenvalue weighted by Gasteiger charge is -2.21. The molecular formula is C19H28N2O+2. The molecule has 0 fully saturated rings. The first-order chi connectivity index (χ1) is 10.7. The van der Waals surface area contributed by atoms with Crippen molar-refractivity contribution in [2.75, 3.05) is 34.3 Å². The number of ether oxygens (including phenoxy) is 1. The molecule has 1 unspecified atom stereocenters. The van der Waals surface area contributed by atoms with Crippen molar-refractivity contribution in [3.63, 3.8) is 0 Å². The van der Waals surface area contributed by atoms with E-state index in [2.05, 4.69) is 56.6 Å². The summed E-state index contributed by atoms with van der Waals surface area (Å²) in [6.45, 7) is 4.35. The molecule has 3 heteroatoms. The molecule has 2 N–H and O–H groups in total. The van der Waals surface area contributed by atoms with Gasteiger partial charge in [0.1, 0.15) is 31.9 Å². The van der Waals surface area contributed by atoms with Gasteiger partial charge in [0, 0.05) is 11.1 Å². The Morgan fingerprint density at radius 1 is 0.818 bits per heavy atom. The average molecular weight is 300 g/mol. The van der Waals surface area contributed by atoms with Crippen LogP contribution in [0.15, 0.2) is 54.6 Å². The van der Waals surface area contributed by atoms with Crippen LogP contribution in [0.25, 0.3) is 0 Å². The van der Waals surface area contributed by atoms with Crippen LogP contribution in [0.4, 0.5) is 0 Å². The van der Waals surface area contributed by atoms with E-state index in [4.69, 9.17) is 4.74 Å². The second kappa shape index (κ2) is 8.57. The van der Waals surface area contributed by atoms with Gasteiger partial charge in [-0.05, 0) is 12.1 Å². The molecule has 2 rings (SSSR count). The normalized spacial score (nSPS) is 12.4. The number of nitrogens with one attached hydrogen (secondary N) is 2. The van der Waals surface area contributed by atoms with Crippen LogP contribution < -0.4 is 14.5 Å². The van der Waals surface area contributed by atoms with Crippen molar-refractivity contribution in [2.24, 2.45) is 0 Å². The van der Waals surface area contributed by atoms with E-state index in [0.717, 1.165) is 31.9 Å². The number of para-hydroxylation sites is 1. The minimum absolute atomic E-state index is 0.991. The number of methoxy groups -OCH3 is 1. The lowest BCUT2D eigenvalue weighted by molar-refractivity contribution is -0.960. The van der Waals surface area contributed by atoms with Gasteiger partial charge in [-0.2, -0.15) is 0 Å². The molecule has 0 radical (unpaired) electrons. The summed E-state index contributed by atoms with van der Waals surface area (Å²) >= 11 is 0. The monoisotopic (exact) mass is 300 g/mol. The van der Waals surface area contributed by atoms with Crippen molar-refractivity contribution in [2.45, 2.75) is 13.1 Å². The molecule has 0 aliphatic rings. The van der Waals surface area contributed by atoms with E-state index in [1.165, 1.54) is 16.0 Å². The molecule has 0 heterocycles. The fourth-order valence-electron chi connectivity index (χ4n) is 2.67. The molecule has 0 bridgehead atoms. The molecule has 0 saturated heterocycles. The van der Waals surface area contributed by atoms with E-state index in [9.17, 15) is 0 Å². The maximum Gasteiger partial charge on any atom is 0.127 e. The van der Waals surface area contributed by atoms with Crippen LogP contribution in [-0.2, 0) is 13.1 Å². The summed E-state index contributed by atoms with van der Waals surface area (Å²) in [6.07, 6.45) is 0. The molecule has 2 aromatic rings. The molecule has 3 nitrogen and oxygen atoms in total. The second-order valence-corrected chi connectivity index (χ2v) is 6.11. The first-order valence-electron chi connectivity index (χ1n) is 7.97. The van der Waals surface area contributed by atoms with E-state index in [1.807, 2.05) is 12.1 Å². The third-order valence-electron chi connectivity index (χ3n) is 3.91. The van der Waals surface area contributed by atoms with E-state index in [1.54, 1.807) is 12.0 Å². The first-order valence-corrected chi connectivity index (χ1v) is 7.97. The summed E-state index contributed by atoms with van der Waals surface area (Å²) in [5, 5.41) is 0. The number of hydrogen-bond donors (Lipinski definition) is 2. The van der Waals surface area contributed by atoms with Gasteiger partial charge in [0.25, 0.3) is 0 Å².